The van der Waals surface area contributed by atoms with Crippen LogP contribution in [0.1, 0.15) is 30.0 Å². The van der Waals surface area contributed by atoms with Crippen molar-refractivity contribution >= 4 is 17.7 Å². The summed E-state index contributed by atoms with van der Waals surface area (Å²) in [7, 11) is 1.30. The largest absolute Gasteiger partial charge is 0.487 e. The fraction of sp³-hybridized carbons (Fsp3) is 0.304. The Kier molecular flexibility index (Phi) is 5.81. The van der Waals surface area contributed by atoms with Gasteiger partial charge in [-0.1, -0.05) is 30.3 Å². The van der Waals surface area contributed by atoms with Crippen LogP contribution >= 0.6 is 0 Å². The van der Waals surface area contributed by atoms with Crippen LogP contribution in [0.2, 0.25) is 0 Å². The molecule has 0 spiro atoms. The van der Waals surface area contributed by atoms with Gasteiger partial charge in [0.25, 0.3) is 5.69 Å². The van der Waals surface area contributed by atoms with Gasteiger partial charge in [0.1, 0.15) is 12.4 Å². The number of carbonyl (C=O) groups is 2. The van der Waals surface area contributed by atoms with Gasteiger partial charge in [-0.25, -0.2) is 9.59 Å². The summed E-state index contributed by atoms with van der Waals surface area (Å²) in [4.78, 5) is 38.1. The van der Waals surface area contributed by atoms with E-state index >= 15 is 0 Å². The van der Waals surface area contributed by atoms with Gasteiger partial charge in [-0.15, -0.1) is 0 Å². The average Bonchev–Trinajstić information content (AvgIpc) is 3.62. The molecular formula is C23H23N3O6. The lowest BCUT2D eigenvalue weighted by molar-refractivity contribution is -0.385. The predicted molar refractivity (Wildman–Crippen MR) is 115 cm³/mol. The Labute approximate surface area is 184 Å². The normalized spacial score (nSPS) is 18.2. The lowest BCUT2D eigenvalue weighted by Gasteiger charge is -2.36. The predicted octanol–water partition coefficient (Wildman–Crippen LogP) is 3.64. The topological polar surface area (TPSA) is 111 Å². The third-order valence-corrected chi connectivity index (χ3v) is 5.57. The van der Waals surface area contributed by atoms with Crippen molar-refractivity contribution in [3.05, 3.63) is 81.0 Å². The summed E-state index contributed by atoms with van der Waals surface area (Å²) in [5.41, 5.74) is 1.95. The van der Waals surface area contributed by atoms with Crippen LogP contribution in [0.3, 0.4) is 0 Å². The molecule has 2 aromatic carbocycles. The van der Waals surface area contributed by atoms with Crippen molar-refractivity contribution in [3.8, 4) is 5.75 Å². The molecule has 0 aromatic heterocycles. The smallest absolute Gasteiger partial charge is 0.338 e. The number of nitrogens with one attached hydrogen (secondary N) is 1. The number of benzene rings is 2. The molecule has 9 nitrogen and oxygen atoms in total. The van der Waals surface area contributed by atoms with E-state index in [0.29, 0.717) is 22.6 Å². The zero-order chi connectivity index (χ0) is 22.8. The lowest BCUT2D eigenvalue weighted by atomic mass is 9.94. The van der Waals surface area contributed by atoms with Crippen LogP contribution in [-0.2, 0) is 9.53 Å². The number of hydrogen-bond acceptors (Lipinski definition) is 6. The molecule has 1 saturated carbocycles. The number of carbonyl (C=O) groups excluding carboxylic acids is 2. The molecule has 9 heteroatoms. The van der Waals surface area contributed by atoms with Crippen molar-refractivity contribution in [1.29, 1.82) is 0 Å². The molecule has 4 rings (SSSR count). The Bertz CT molecular complexity index is 1090. The Morgan fingerprint density at radius 2 is 1.94 bits per heavy atom. The van der Waals surface area contributed by atoms with Crippen LogP contribution in [0.4, 0.5) is 10.5 Å². The molecule has 0 saturated heterocycles. The minimum absolute atomic E-state index is 0.00684. The number of urea groups is 1. The second-order valence-corrected chi connectivity index (χ2v) is 7.74. The highest BCUT2D eigenvalue weighted by molar-refractivity contribution is 5.95. The minimum atomic E-state index is -0.677. The van der Waals surface area contributed by atoms with Gasteiger partial charge in [0, 0.05) is 17.7 Å². The first-order valence-corrected chi connectivity index (χ1v) is 10.2. The molecule has 0 unspecified atom stereocenters. The molecule has 0 bridgehead atoms. The first-order valence-electron chi connectivity index (χ1n) is 10.2. The van der Waals surface area contributed by atoms with E-state index in [-0.39, 0.29) is 24.4 Å². The summed E-state index contributed by atoms with van der Waals surface area (Å²) in [6, 6.07) is 12.6. The van der Waals surface area contributed by atoms with Crippen molar-refractivity contribution in [1.82, 2.24) is 10.2 Å². The molecule has 0 radical (unpaired) electrons. The third-order valence-electron chi connectivity index (χ3n) is 5.57. The Morgan fingerprint density at radius 3 is 2.53 bits per heavy atom. The van der Waals surface area contributed by atoms with Gasteiger partial charge >= 0.3 is 12.0 Å². The number of esters is 1. The van der Waals surface area contributed by atoms with Crippen LogP contribution in [0.5, 0.6) is 5.75 Å². The number of ether oxygens (including phenoxy) is 2. The molecule has 1 aliphatic heterocycles. The minimum Gasteiger partial charge on any atom is -0.487 e. The molecule has 1 fully saturated rings. The summed E-state index contributed by atoms with van der Waals surface area (Å²) in [6.07, 6.45) is 1.66. The molecule has 1 N–H and O–H groups in total. The SMILES string of the molecule is COC(=O)C1=C(COc2ccc([N+](=O)[O-])c(C)c2)N(C2CC2)C(=O)N[C@H]1c1ccccc1. The quantitative estimate of drug-likeness (QED) is 0.402. The third kappa shape index (κ3) is 4.14. The van der Waals surface area contributed by atoms with E-state index in [4.69, 9.17) is 9.47 Å². The number of aryl methyl sites for hydroxylation is 1. The maximum atomic E-state index is 13.0. The number of amides is 2. The molecular weight excluding hydrogens is 414 g/mol. The lowest BCUT2D eigenvalue weighted by Crippen LogP contribution is -2.50. The monoisotopic (exact) mass is 437 g/mol. The fourth-order valence-corrected chi connectivity index (χ4v) is 3.87. The zero-order valence-corrected chi connectivity index (χ0v) is 17.7. The van der Waals surface area contributed by atoms with E-state index in [0.717, 1.165) is 18.4 Å². The van der Waals surface area contributed by atoms with Gasteiger partial charge in [0.05, 0.1) is 29.3 Å². The fourth-order valence-electron chi connectivity index (χ4n) is 3.87. The van der Waals surface area contributed by atoms with Crippen molar-refractivity contribution in [2.45, 2.75) is 31.8 Å². The van der Waals surface area contributed by atoms with E-state index in [1.807, 2.05) is 30.3 Å². The number of nitrogens with zero attached hydrogens (tertiary/aromatic N) is 2. The van der Waals surface area contributed by atoms with E-state index in [1.54, 1.807) is 17.9 Å². The number of methoxy groups -OCH3 is 1. The molecule has 2 amide bonds. The van der Waals surface area contributed by atoms with Crippen molar-refractivity contribution in [2.24, 2.45) is 0 Å². The maximum Gasteiger partial charge on any atom is 0.338 e. The van der Waals surface area contributed by atoms with E-state index in [1.165, 1.54) is 19.2 Å². The maximum absolute atomic E-state index is 13.0. The van der Waals surface area contributed by atoms with E-state index in [9.17, 15) is 19.7 Å². The van der Waals surface area contributed by atoms with Crippen LogP contribution in [0.15, 0.2) is 59.8 Å². The molecule has 32 heavy (non-hydrogen) atoms. The highest BCUT2D eigenvalue weighted by Crippen LogP contribution is 2.38. The van der Waals surface area contributed by atoms with Crippen molar-refractivity contribution in [2.75, 3.05) is 13.7 Å². The number of nitro benzene ring substituents is 1. The molecule has 1 aliphatic carbocycles. The first kappa shape index (κ1) is 21.4. The van der Waals surface area contributed by atoms with Gasteiger partial charge < -0.3 is 14.8 Å². The van der Waals surface area contributed by atoms with Gasteiger partial charge in [0.15, 0.2) is 0 Å². The summed E-state index contributed by atoms with van der Waals surface area (Å²) >= 11 is 0. The highest BCUT2D eigenvalue weighted by atomic mass is 16.6. The summed E-state index contributed by atoms with van der Waals surface area (Å²) in [6.45, 7) is 1.56. The van der Waals surface area contributed by atoms with Crippen molar-refractivity contribution in [3.63, 3.8) is 0 Å². The van der Waals surface area contributed by atoms with Gasteiger partial charge in [-0.05, 0) is 37.5 Å². The molecule has 1 atom stereocenters. The number of hydrogen-bond donors (Lipinski definition) is 1. The van der Waals surface area contributed by atoms with Gasteiger partial charge in [-0.3, -0.25) is 15.0 Å². The van der Waals surface area contributed by atoms with Crippen LogP contribution in [0, 0.1) is 17.0 Å². The van der Waals surface area contributed by atoms with Crippen molar-refractivity contribution < 1.29 is 24.0 Å². The Balaban J connectivity index is 1.73. The number of nitro groups is 1. The first-order chi connectivity index (χ1) is 15.4. The van der Waals surface area contributed by atoms with E-state index < -0.39 is 16.9 Å². The van der Waals surface area contributed by atoms with Gasteiger partial charge in [0.2, 0.25) is 0 Å². The summed E-state index contributed by atoms with van der Waals surface area (Å²) in [5.74, 6) is -0.147. The standard InChI is InChI=1S/C23H23N3O6/c1-14-12-17(10-11-18(14)26(29)30)32-13-19-20(22(27)31-2)21(15-6-4-3-5-7-15)24-23(28)25(19)16-8-9-16/h3-7,10-12,16,21H,8-9,13H2,1-2H3,(H,24,28)/t21-/m0/s1. The van der Waals surface area contributed by atoms with E-state index in [2.05, 4.69) is 5.32 Å². The average molecular weight is 437 g/mol. The van der Waals surface area contributed by atoms with Gasteiger partial charge in [-0.2, -0.15) is 0 Å². The Hall–Kier alpha value is -3.88. The Morgan fingerprint density at radius 1 is 1.22 bits per heavy atom. The summed E-state index contributed by atoms with van der Waals surface area (Å²) in [5, 5.41) is 14.0. The van der Waals surface area contributed by atoms with Crippen LogP contribution in [0.25, 0.3) is 0 Å². The van der Waals surface area contributed by atoms with Crippen LogP contribution < -0.4 is 10.1 Å². The zero-order valence-electron chi connectivity index (χ0n) is 17.7. The summed E-state index contributed by atoms with van der Waals surface area (Å²) < 4.78 is 11.0. The highest BCUT2D eigenvalue weighted by Gasteiger charge is 2.44. The molecule has 1 heterocycles. The van der Waals surface area contributed by atoms with Crippen LogP contribution in [-0.4, -0.2) is 41.6 Å². The molecule has 166 valence electrons. The molecule has 2 aliphatic rings. The second-order valence-electron chi connectivity index (χ2n) is 7.74. The second kappa shape index (κ2) is 8.70. The number of rotatable bonds is 7. The molecule has 2 aromatic rings.